The van der Waals surface area contributed by atoms with Gasteiger partial charge in [0.15, 0.2) is 0 Å². The van der Waals surface area contributed by atoms with Crippen molar-refractivity contribution in [3.8, 4) is 0 Å². The van der Waals surface area contributed by atoms with E-state index in [4.69, 9.17) is 0 Å². The van der Waals surface area contributed by atoms with Crippen molar-refractivity contribution in [3.63, 3.8) is 0 Å². The summed E-state index contributed by atoms with van der Waals surface area (Å²) in [6.07, 6.45) is 6.01. The van der Waals surface area contributed by atoms with Gasteiger partial charge in [-0.05, 0) is 28.1 Å². The summed E-state index contributed by atoms with van der Waals surface area (Å²) in [5, 5.41) is 0. The van der Waals surface area contributed by atoms with E-state index >= 15 is 0 Å². The van der Waals surface area contributed by atoms with Crippen LogP contribution in [0.25, 0.3) is 0 Å². The molecule has 0 aliphatic carbocycles. The number of halogens is 1. The number of rotatable bonds is 4. The molecule has 2 aromatic rings. The van der Waals surface area contributed by atoms with Gasteiger partial charge in [-0.25, -0.2) is 9.97 Å². The minimum atomic E-state index is 0.868. The fourth-order valence-electron chi connectivity index (χ4n) is 1.52. The molecule has 0 aliphatic heterocycles. The molecule has 2 heterocycles. The summed E-state index contributed by atoms with van der Waals surface area (Å²) in [4.78, 5) is 14.6. The molecule has 5 heteroatoms. The first kappa shape index (κ1) is 12.0. The van der Waals surface area contributed by atoms with E-state index in [-0.39, 0.29) is 0 Å². The van der Waals surface area contributed by atoms with Gasteiger partial charge in [0, 0.05) is 38.1 Å². The molecule has 17 heavy (non-hydrogen) atoms. The largest absolute Gasteiger partial charge is 0.358 e. The quantitative estimate of drug-likeness (QED) is 0.867. The molecule has 0 atom stereocenters. The van der Waals surface area contributed by atoms with Crippen molar-refractivity contribution in [2.75, 3.05) is 18.5 Å². The fourth-order valence-corrected chi connectivity index (χ4v) is 2.04. The van der Waals surface area contributed by atoms with E-state index in [0.29, 0.717) is 0 Å². The Morgan fingerprint density at radius 1 is 1.29 bits per heavy atom. The molecule has 4 nitrogen and oxygen atoms in total. The molecule has 0 saturated heterocycles. The van der Waals surface area contributed by atoms with Crippen molar-refractivity contribution in [2.24, 2.45) is 0 Å². The van der Waals surface area contributed by atoms with Crippen molar-refractivity contribution in [1.29, 1.82) is 0 Å². The second-order valence-electron chi connectivity index (χ2n) is 3.69. The van der Waals surface area contributed by atoms with Crippen molar-refractivity contribution >= 4 is 21.7 Å². The zero-order valence-electron chi connectivity index (χ0n) is 9.55. The molecule has 0 bridgehead atoms. The average molecular weight is 293 g/mol. The Balaban J connectivity index is 1.99. The average Bonchev–Trinajstić information content (AvgIpc) is 2.38. The Labute approximate surface area is 109 Å². The van der Waals surface area contributed by atoms with Crippen LogP contribution in [0.3, 0.4) is 0 Å². The summed E-state index contributed by atoms with van der Waals surface area (Å²) in [6.45, 7) is 0.868. The maximum absolute atomic E-state index is 4.30. The molecule has 2 aromatic heterocycles. The first-order valence-electron chi connectivity index (χ1n) is 5.34. The monoisotopic (exact) mass is 292 g/mol. The molecule has 0 amide bonds. The standard InChI is InChI=1S/C12H13BrN4/c1-17(12-11(13)8-14-9-16-12)7-5-10-4-2-3-6-15-10/h2-4,6,8-9H,5,7H2,1H3. The van der Waals surface area contributed by atoms with Crippen LogP contribution in [0.1, 0.15) is 5.69 Å². The normalized spacial score (nSPS) is 10.2. The number of anilines is 1. The molecule has 0 spiro atoms. The molecular weight excluding hydrogens is 280 g/mol. The lowest BCUT2D eigenvalue weighted by molar-refractivity contribution is 0.833. The number of likely N-dealkylation sites (N-methyl/N-ethyl adjacent to an activating group) is 1. The van der Waals surface area contributed by atoms with E-state index in [1.54, 1.807) is 12.5 Å². The second kappa shape index (κ2) is 5.72. The van der Waals surface area contributed by atoms with Crippen LogP contribution in [0.4, 0.5) is 5.82 Å². The molecule has 0 aromatic carbocycles. The third-order valence-electron chi connectivity index (χ3n) is 2.44. The summed E-state index contributed by atoms with van der Waals surface area (Å²) in [5.74, 6) is 0.899. The van der Waals surface area contributed by atoms with Crippen LogP contribution in [0.15, 0.2) is 41.4 Å². The summed E-state index contributed by atoms with van der Waals surface area (Å²) < 4.78 is 0.906. The highest BCUT2D eigenvalue weighted by atomic mass is 79.9. The van der Waals surface area contributed by atoms with E-state index in [9.17, 15) is 0 Å². The number of aromatic nitrogens is 3. The van der Waals surface area contributed by atoms with Gasteiger partial charge in [-0.2, -0.15) is 0 Å². The topological polar surface area (TPSA) is 41.9 Å². The summed E-state index contributed by atoms with van der Waals surface area (Å²) in [5.41, 5.74) is 1.09. The lowest BCUT2D eigenvalue weighted by Gasteiger charge is -2.18. The molecule has 2 rings (SSSR count). The maximum atomic E-state index is 4.30. The first-order valence-corrected chi connectivity index (χ1v) is 6.13. The molecule has 0 fully saturated rings. The van der Waals surface area contributed by atoms with E-state index in [1.807, 2.05) is 31.4 Å². The SMILES string of the molecule is CN(CCc1ccccn1)c1ncncc1Br. The van der Waals surface area contributed by atoms with E-state index in [1.165, 1.54) is 0 Å². The molecule has 0 saturated carbocycles. The fraction of sp³-hybridized carbons (Fsp3) is 0.250. The van der Waals surface area contributed by atoms with Crippen LogP contribution < -0.4 is 4.90 Å². The van der Waals surface area contributed by atoms with Gasteiger partial charge in [-0.1, -0.05) is 6.07 Å². The lowest BCUT2D eigenvalue weighted by Crippen LogP contribution is -2.22. The number of pyridine rings is 1. The predicted octanol–water partition coefficient (Wildman–Crippen LogP) is 2.31. The second-order valence-corrected chi connectivity index (χ2v) is 4.54. The molecule has 0 N–H and O–H groups in total. The lowest BCUT2D eigenvalue weighted by atomic mass is 10.2. The smallest absolute Gasteiger partial charge is 0.146 e. The Kier molecular flexibility index (Phi) is 4.03. The van der Waals surface area contributed by atoms with Crippen LogP contribution in [-0.2, 0) is 6.42 Å². The zero-order valence-corrected chi connectivity index (χ0v) is 11.1. The first-order chi connectivity index (χ1) is 8.27. The van der Waals surface area contributed by atoms with Crippen LogP contribution >= 0.6 is 15.9 Å². The van der Waals surface area contributed by atoms with Gasteiger partial charge in [0.1, 0.15) is 12.1 Å². The van der Waals surface area contributed by atoms with Gasteiger partial charge in [0.25, 0.3) is 0 Å². The third-order valence-corrected chi connectivity index (χ3v) is 3.00. The van der Waals surface area contributed by atoms with Crippen LogP contribution in [0.5, 0.6) is 0 Å². The van der Waals surface area contributed by atoms with Gasteiger partial charge in [-0.15, -0.1) is 0 Å². The van der Waals surface area contributed by atoms with Gasteiger partial charge >= 0.3 is 0 Å². The summed E-state index contributed by atoms with van der Waals surface area (Å²) in [7, 11) is 2.01. The van der Waals surface area contributed by atoms with E-state index in [0.717, 1.165) is 29.0 Å². The highest BCUT2D eigenvalue weighted by molar-refractivity contribution is 9.10. The van der Waals surface area contributed by atoms with Crippen LogP contribution in [0.2, 0.25) is 0 Å². The van der Waals surface area contributed by atoms with E-state index in [2.05, 4.69) is 35.8 Å². The molecular formula is C12H13BrN4. The van der Waals surface area contributed by atoms with Gasteiger partial charge in [0.05, 0.1) is 4.47 Å². The summed E-state index contributed by atoms with van der Waals surface area (Å²) in [6, 6.07) is 5.96. The zero-order chi connectivity index (χ0) is 12.1. The van der Waals surface area contributed by atoms with Crippen LogP contribution in [0, 0.1) is 0 Å². The third kappa shape index (κ3) is 3.23. The minimum Gasteiger partial charge on any atom is -0.358 e. The van der Waals surface area contributed by atoms with Gasteiger partial charge in [-0.3, -0.25) is 4.98 Å². The van der Waals surface area contributed by atoms with Crippen molar-refractivity contribution in [1.82, 2.24) is 15.0 Å². The minimum absolute atomic E-state index is 0.868. The van der Waals surface area contributed by atoms with Gasteiger partial charge in [0.2, 0.25) is 0 Å². The molecule has 0 unspecified atom stereocenters. The Bertz CT molecular complexity index is 475. The van der Waals surface area contributed by atoms with Crippen LogP contribution in [-0.4, -0.2) is 28.5 Å². The number of hydrogen-bond donors (Lipinski definition) is 0. The highest BCUT2D eigenvalue weighted by Crippen LogP contribution is 2.20. The Hall–Kier alpha value is -1.49. The van der Waals surface area contributed by atoms with E-state index < -0.39 is 0 Å². The maximum Gasteiger partial charge on any atom is 0.146 e. The Morgan fingerprint density at radius 3 is 2.88 bits per heavy atom. The molecule has 0 radical (unpaired) electrons. The highest BCUT2D eigenvalue weighted by Gasteiger charge is 2.07. The van der Waals surface area contributed by atoms with Gasteiger partial charge < -0.3 is 4.90 Å². The van der Waals surface area contributed by atoms with Crippen molar-refractivity contribution in [3.05, 3.63) is 47.1 Å². The summed E-state index contributed by atoms with van der Waals surface area (Å²) >= 11 is 3.44. The van der Waals surface area contributed by atoms with Crippen molar-refractivity contribution in [2.45, 2.75) is 6.42 Å². The Morgan fingerprint density at radius 2 is 2.18 bits per heavy atom. The number of nitrogens with zero attached hydrogens (tertiary/aromatic N) is 4. The van der Waals surface area contributed by atoms with Crippen molar-refractivity contribution < 1.29 is 0 Å². The predicted molar refractivity (Wildman–Crippen MR) is 70.9 cm³/mol. The molecule has 0 aliphatic rings. The number of hydrogen-bond acceptors (Lipinski definition) is 4. The molecule has 88 valence electrons.